The number of benzene rings is 2. The van der Waals surface area contributed by atoms with Gasteiger partial charge in [0.2, 0.25) is 15.9 Å². The number of sulfonamides is 1. The highest BCUT2D eigenvalue weighted by Gasteiger charge is 2.29. The van der Waals surface area contributed by atoms with E-state index in [0.717, 1.165) is 31.0 Å². The highest BCUT2D eigenvalue weighted by molar-refractivity contribution is 7.89. The second-order valence-electron chi connectivity index (χ2n) is 9.28. The first-order valence-corrected chi connectivity index (χ1v) is 13.7. The average molecular weight is 562 g/mol. The summed E-state index contributed by atoms with van der Waals surface area (Å²) in [5.41, 5.74) is -0.0459. The van der Waals surface area contributed by atoms with E-state index in [1.807, 2.05) is 0 Å². The first-order valence-electron chi connectivity index (χ1n) is 12.2. The minimum atomic E-state index is -4.25. The fourth-order valence-electron chi connectivity index (χ4n) is 4.08. The molecule has 39 heavy (non-hydrogen) atoms. The molecule has 0 radical (unpaired) electrons. The van der Waals surface area contributed by atoms with Crippen molar-refractivity contribution in [2.45, 2.75) is 50.7 Å². The Morgan fingerprint density at radius 1 is 1.31 bits per heavy atom. The molecule has 1 fully saturated rings. The number of aromatic nitrogens is 2. The number of non-ortho nitro benzene ring substituents is 1. The molecule has 2 heterocycles. The Balaban J connectivity index is 1.79. The highest BCUT2D eigenvalue weighted by Crippen LogP contribution is 2.36. The smallest absolute Gasteiger partial charge is 0.272 e. The van der Waals surface area contributed by atoms with Gasteiger partial charge in [0, 0.05) is 36.9 Å². The number of carbonyl (C=O) groups excluding carboxylic acids is 1. The Morgan fingerprint density at radius 2 is 2.08 bits per heavy atom. The van der Waals surface area contributed by atoms with Gasteiger partial charge in [0.15, 0.2) is 5.69 Å². The summed E-state index contributed by atoms with van der Waals surface area (Å²) < 4.78 is 55.4. The quantitative estimate of drug-likeness (QED) is 0.281. The molecule has 1 aliphatic heterocycles. The van der Waals surface area contributed by atoms with Gasteiger partial charge < -0.3 is 14.8 Å². The van der Waals surface area contributed by atoms with Crippen molar-refractivity contribution in [3.8, 4) is 17.3 Å². The van der Waals surface area contributed by atoms with Crippen molar-refractivity contribution in [1.82, 2.24) is 19.8 Å². The standard InChI is InChI=1S/C25H28FN5O7S/c1-15(2)29-39(35,36)22-13-19(31(33)34)9-10-21(22)38-25-16(3)23(24(32)27-14-20-8-5-11-37-20)28-30(25)18-7-4-6-17(26)12-18/h4,6-7,9-10,12-13,15,20,29H,5,8,11,14H2,1-3H3,(H,27,32)/t20-/m1/s1. The van der Waals surface area contributed by atoms with Gasteiger partial charge in [-0.25, -0.2) is 17.5 Å². The molecule has 2 aromatic carbocycles. The summed E-state index contributed by atoms with van der Waals surface area (Å²) in [4.78, 5) is 23.2. The Morgan fingerprint density at radius 3 is 2.72 bits per heavy atom. The van der Waals surface area contributed by atoms with Crippen molar-refractivity contribution >= 4 is 21.6 Å². The molecule has 0 spiro atoms. The molecule has 1 aliphatic rings. The zero-order valence-corrected chi connectivity index (χ0v) is 22.3. The van der Waals surface area contributed by atoms with Gasteiger partial charge in [-0.3, -0.25) is 14.9 Å². The third kappa shape index (κ3) is 6.41. The molecule has 1 aromatic heterocycles. The summed E-state index contributed by atoms with van der Waals surface area (Å²) in [6, 6.07) is 7.98. The molecule has 0 saturated carbocycles. The number of nitro groups is 1. The number of nitrogens with zero attached hydrogens (tertiary/aromatic N) is 3. The van der Waals surface area contributed by atoms with Crippen molar-refractivity contribution in [1.29, 1.82) is 0 Å². The molecular weight excluding hydrogens is 533 g/mol. The molecule has 4 rings (SSSR count). The molecule has 2 N–H and O–H groups in total. The summed E-state index contributed by atoms with van der Waals surface area (Å²) in [7, 11) is -4.25. The molecule has 1 saturated heterocycles. The van der Waals surface area contributed by atoms with Gasteiger partial charge in [0.25, 0.3) is 11.6 Å². The van der Waals surface area contributed by atoms with Gasteiger partial charge in [-0.1, -0.05) is 6.07 Å². The van der Waals surface area contributed by atoms with Crippen LogP contribution in [0, 0.1) is 22.9 Å². The molecule has 0 bridgehead atoms. The lowest BCUT2D eigenvalue weighted by atomic mass is 10.2. The summed E-state index contributed by atoms with van der Waals surface area (Å²) in [6.07, 6.45) is 1.60. The van der Waals surface area contributed by atoms with Crippen LogP contribution in [0.3, 0.4) is 0 Å². The lowest BCUT2D eigenvalue weighted by molar-refractivity contribution is -0.385. The van der Waals surface area contributed by atoms with Gasteiger partial charge >= 0.3 is 0 Å². The van der Waals surface area contributed by atoms with Crippen LogP contribution in [0.1, 0.15) is 42.7 Å². The van der Waals surface area contributed by atoms with E-state index < -0.39 is 43.3 Å². The van der Waals surface area contributed by atoms with Crippen molar-refractivity contribution in [2.24, 2.45) is 0 Å². The van der Waals surface area contributed by atoms with E-state index in [9.17, 15) is 27.7 Å². The van der Waals surface area contributed by atoms with E-state index in [1.165, 1.54) is 28.9 Å². The number of ether oxygens (including phenoxy) is 2. The number of carbonyl (C=O) groups is 1. The minimum absolute atomic E-state index is 0.0288. The van der Waals surface area contributed by atoms with Crippen LogP contribution < -0.4 is 14.8 Å². The number of nitro benzene ring substituents is 1. The molecule has 1 amide bonds. The van der Waals surface area contributed by atoms with E-state index in [0.29, 0.717) is 6.61 Å². The highest BCUT2D eigenvalue weighted by atomic mass is 32.2. The minimum Gasteiger partial charge on any atom is -0.437 e. The predicted molar refractivity (Wildman–Crippen MR) is 138 cm³/mol. The van der Waals surface area contributed by atoms with Crippen LogP contribution in [0.2, 0.25) is 0 Å². The van der Waals surface area contributed by atoms with Gasteiger partial charge in [0.1, 0.15) is 16.5 Å². The Bertz CT molecular complexity index is 1500. The first-order chi connectivity index (χ1) is 18.5. The van der Waals surface area contributed by atoms with Gasteiger partial charge in [-0.05, 0) is 57.9 Å². The molecule has 3 aromatic rings. The second kappa shape index (κ2) is 11.5. The van der Waals surface area contributed by atoms with Crippen LogP contribution in [0.5, 0.6) is 11.6 Å². The van der Waals surface area contributed by atoms with Crippen LogP contribution in [0.25, 0.3) is 5.69 Å². The maximum atomic E-state index is 14.1. The molecule has 12 nitrogen and oxygen atoms in total. The van der Waals surface area contributed by atoms with E-state index in [2.05, 4.69) is 15.1 Å². The average Bonchev–Trinajstić information content (AvgIpc) is 3.50. The number of hydrogen-bond acceptors (Lipinski definition) is 8. The lowest BCUT2D eigenvalue weighted by Gasteiger charge is -2.15. The monoisotopic (exact) mass is 561 g/mol. The first kappa shape index (κ1) is 28.1. The molecule has 0 unspecified atom stereocenters. The summed E-state index contributed by atoms with van der Waals surface area (Å²) >= 11 is 0. The van der Waals surface area contributed by atoms with Gasteiger partial charge in [0.05, 0.1) is 16.7 Å². The van der Waals surface area contributed by atoms with Crippen LogP contribution in [-0.2, 0) is 14.8 Å². The molecule has 208 valence electrons. The fourth-order valence-corrected chi connectivity index (χ4v) is 5.48. The third-order valence-electron chi connectivity index (χ3n) is 5.88. The Kier molecular flexibility index (Phi) is 8.28. The Labute approximate surface area is 224 Å². The van der Waals surface area contributed by atoms with Crippen LogP contribution in [0.15, 0.2) is 47.4 Å². The van der Waals surface area contributed by atoms with Crippen LogP contribution in [0.4, 0.5) is 10.1 Å². The number of rotatable bonds is 10. The van der Waals surface area contributed by atoms with Crippen molar-refractivity contribution in [3.63, 3.8) is 0 Å². The van der Waals surface area contributed by atoms with Gasteiger partial charge in [-0.2, -0.15) is 9.78 Å². The van der Waals surface area contributed by atoms with Crippen molar-refractivity contribution < 1.29 is 32.0 Å². The van der Waals surface area contributed by atoms with Crippen LogP contribution >= 0.6 is 0 Å². The molecular formula is C25H28FN5O7S. The fraction of sp³-hybridized carbons (Fsp3) is 0.360. The molecule has 14 heteroatoms. The Hall–Kier alpha value is -3.88. The molecule has 1 atom stereocenters. The van der Waals surface area contributed by atoms with Crippen molar-refractivity contribution in [3.05, 3.63) is 69.7 Å². The topological polar surface area (TPSA) is 155 Å². The van der Waals surface area contributed by atoms with E-state index in [4.69, 9.17) is 9.47 Å². The number of halogens is 1. The molecule has 0 aliphatic carbocycles. The second-order valence-corrected chi connectivity index (χ2v) is 11.0. The maximum absolute atomic E-state index is 14.1. The van der Waals surface area contributed by atoms with Gasteiger partial charge in [-0.15, -0.1) is 0 Å². The largest absolute Gasteiger partial charge is 0.437 e. The maximum Gasteiger partial charge on any atom is 0.272 e. The summed E-state index contributed by atoms with van der Waals surface area (Å²) in [5, 5.41) is 18.5. The van der Waals surface area contributed by atoms with E-state index in [1.54, 1.807) is 20.8 Å². The predicted octanol–water partition coefficient (Wildman–Crippen LogP) is 3.62. The number of hydrogen-bond donors (Lipinski definition) is 2. The third-order valence-corrected chi connectivity index (χ3v) is 7.56. The summed E-state index contributed by atoms with van der Waals surface area (Å²) in [6.45, 7) is 5.63. The van der Waals surface area contributed by atoms with E-state index in [-0.39, 0.29) is 41.2 Å². The number of amides is 1. The number of nitrogens with one attached hydrogen (secondary N) is 2. The SMILES string of the molecule is Cc1c(C(=O)NC[C@H]2CCCO2)nn(-c2cccc(F)c2)c1Oc1ccc([N+](=O)[O-])cc1S(=O)(=O)NC(C)C. The van der Waals surface area contributed by atoms with Crippen LogP contribution in [-0.4, -0.2) is 54.3 Å². The lowest BCUT2D eigenvalue weighted by Crippen LogP contribution is -2.32. The zero-order chi connectivity index (χ0) is 28.3. The summed E-state index contributed by atoms with van der Waals surface area (Å²) in [5.74, 6) is -1.42. The van der Waals surface area contributed by atoms with E-state index >= 15 is 0 Å². The zero-order valence-electron chi connectivity index (χ0n) is 21.5. The normalized spacial score (nSPS) is 15.5. The van der Waals surface area contributed by atoms with Crippen molar-refractivity contribution in [2.75, 3.05) is 13.2 Å².